The molecule has 0 radical (unpaired) electrons. The van der Waals surface area contributed by atoms with E-state index in [2.05, 4.69) is 0 Å². The third-order valence-corrected chi connectivity index (χ3v) is 10.5. The number of carboxylic acid groups (broad SMARTS) is 1. The average Bonchev–Trinajstić information content (AvgIpc) is 3.12. The molecule has 2 aliphatic heterocycles. The highest BCUT2D eigenvalue weighted by atomic mass is 19.1. The second kappa shape index (κ2) is 13.0. The normalized spacial score (nSPS) is 30.6. The highest BCUT2D eigenvalue weighted by Crippen LogP contribution is 2.63. The molecule has 3 fully saturated rings. The third kappa shape index (κ3) is 5.90. The maximum absolute atomic E-state index is 14.3. The van der Waals surface area contributed by atoms with Crippen LogP contribution < -0.4 is 4.90 Å². The number of carbonyl (C=O) groups excluding carboxylic acids is 1. The van der Waals surface area contributed by atoms with E-state index in [-0.39, 0.29) is 43.1 Å². The van der Waals surface area contributed by atoms with Gasteiger partial charge in [0.1, 0.15) is 41.4 Å². The summed E-state index contributed by atoms with van der Waals surface area (Å²) in [4.78, 5) is 27.6. The molecule has 266 valence electrons. The Labute approximate surface area is 290 Å². The van der Waals surface area contributed by atoms with Crippen molar-refractivity contribution in [3.63, 3.8) is 0 Å². The first-order valence-corrected chi connectivity index (χ1v) is 16.4. The SMILES string of the molecule is O=C(O)C1O[C@@H](OC2(c3ccc(F)cc3)CCC3(CC2)C(=O)N(c2ccc(F)cc2)[C@@H]3c2ccc(-c3cccc(O)c3)cc2O)[C@@H](O)C(O)[C@@H]1O. The number of aliphatic hydroxyl groups is 3. The van der Waals surface area contributed by atoms with Gasteiger partial charge >= 0.3 is 5.97 Å². The van der Waals surface area contributed by atoms with Gasteiger partial charge in [-0.05, 0) is 97.0 Å². The Morgan fingerprint density at radius 1 is 0.784 bits per heavy atom. The number of phenolic OH excluding ortho intramolecular Hbond substituents is 2. The second-order valence-corrected chi connectivity index (χ2v) is 13.4. The van der Waals surface area contributed by atoms with E-state index in [1.807, 2.05) is 0 Å². The Morgan fingerprint density at radius 3 is 2.02 bits per heavy atom. The summed E-state index contributed by atoms with van der Waals surface area (Å²) in [7, 11) is 0. The van der Waals surface area contributed by atoms with Gasteiger partial charge in [0.25, 0.3) is 0 Å². The quantitative estimate of drug-likeness (QED) is 0.150. The van der Waals surface area contributed by atoms with Crippen molar-refractivity contribution in [3.8, 4) is 22.6 Å². The number of aromatic hydroxyl groups is 2. The van der Waals surface area contributed by atoms with Gasteiger partial charge in [0.2, 0.25) is 5.91 Å². The van der Waals surface area contributed by atoms with Gasteiger partial charge in [-0.15, -0.1) is 0 Å². The van der Waals surface area contributed by atoms with Crippen LogP contribution in [-0.2, 0) is 24.7 Å². The van der Waals surface area contributed by atoms with E-state index >= 15 is 0 Å². The molecule has 51 heavy (non-hydrogen) atoms. The van der Waals surface area contributed by atoms with Crippen LogP contribution >= 0.6 is 0 Å². The Morgan fingerprint density at radius 2 is 1.41 bits per heavy atom. The van der Waals surface area contributed by atoms with E-state index in [0.29, 0.717) is 27.9 Å². The molecule has 1 amide bonds. The zero-order valence-electron chi connectivity index (χ0n) is 27.0. The number of benzene rings is 4. The van der Waals surface area contributed by atoms with Crippen LogP contribution in [0.1, 0.15) is 42.9 Å². The summed E-state index contributed by atoms with van der Waals surface area (Å²) in [5.74, 6) is -2.97. The standard InChI is InChI=1S/C38H35F2NO10/c39-23-7-5-22(6-8-23)38(51-35-31(46)29(44)30(45)32(50-35)34(47)48)16-14-37(15-17-38)33(41(36(37)49)25-11-9-24(40)10-12-25)27-13-4-21(19-28(27)43)20-2-1-3-26(42)18-20/h1-13,18-19,29-33,35,42-46H,14-17H2,(H,47,48)/t29?,30-,31-,32?,33+,35-,37?,38?/m0/s1. The van der Waals surface area contributed by atoms with E-state index in [4.69, 9.17) is 9.47 Å². The highest BCUT2D eigenvalue weighted by molar-refractivity contribution is 6.06. The maximum Gasteiger partial charge on any atom is 0.335 e. The van der Waals surface area contributed by atoms with Gasteiger partial charge in [-0.2, -0.15) is 0 Å². The number of nitrogens with zero attached hydrogens (tertiary/aromatic N) is 1. The average molecular weight is 704 g/mol. The molecule has 6 N–H and O–H groups in total. The number of carboxylic acids is 1. The highest BCUT2D eigenvalue weighted by Gasteiger charge is 2.65. The van der Waals surface area contributed by atoms with Gasteiger partial charge in [0, 0.05) is 11.3 Å². The van der Waals surface area contributed by atoms with Gasteiger partial charge < -0.3 is 45.0 Å². The van der Waals surface area contributed by atoms with Gasteiger partial charge in [0.05, 0.1) is 17.1 Å². The predicted molar refractivity (Wildman–Crippen MR) is 176 cm³/mol. The summed E-state index contributed by atoms with van der Waals surface area (Å²) in [6.07, 6.45) is -8.93. The van der Waals surface area contributed by atoms with Crippen LogP contribution in [0.4, 0.5) is 14.5 Å². The molecule has 7 rings (SSSR count). The van der Waals surface area contributed by atoms with Crippen LogP contribution in [0.3, 0.4) is 0 Å². The molecule has 1 aliphatic carbocycles. The Hall–Kier alpha value is -4.92. The summed E-state index contributed by atoms with van der Waals surface area (Å²) in [6.45, 7) is 0. The van der Waals surface area contributed by atoms with Crippen LogP contribution in [0.15, 0.2) is 91.0 Å². The van der Waals surface area contributed by atoms with Gasteiger partial charge in [-0.1, -0.05) is 36.4 Å². The summed E-state index contributed by atoms with van der Waals surface area (Å²) < 4.78 is 39.9. The van der Waals surface area contributed by atoms with E-state index in [1.165, 1.54) is 59.5 Å². The van der Waals surface area contributed by atoms with Crippen LogP contribution in [0.5, 0.6) is 11.5 Å². The van der Waals surface area contributed by atoms with Crippen molar-refractivity contribution >= 4 is 17.6 Å². The molecule has 2 unspecified atom stereocenters. The molecule has 2 heterocycles. The third-order valence-electron chi connectivity index (χ3n) is 10.5. The fraction of sp³-hybridized carbons (Fsp3) is 0.316. The molecule has 1 spiro atoms. The molecule has 13 heteroatoms. The number of aliphatic hydroxyl groups excluding tert-OH is 3. The lowest BCUT2D eigenvalue weighted by atomic mass is 9.56. The van der Waals surface area contributed by atoms with Crippen LogP contribution in [0.2, 0.25) is 0 Å². The van der Waals surface area contributed by atoms with Crippen molar-refractivity contribution in [2.75, 3.05) is 4.90 Å². The number of β-lactam (4-membered cyclic amide) rings is 1. The Kier molecular flexibility index (Phi) is 8.80. The topological polar surface area (TPSA) is 177 Å². The van der Waals surface area contributed by atoms with E-state index in [9.17, 15) is 49.0 Å². The van der Waals surface area contributed by atoms with Gasteiger partial charge in [0.15, 0.2) is 12.4 Å². The number of hydrogen-bond donors (Lipinski definition) is 6. The molecule has 4 aromatic rings. The Bertz CT molecular complexity index is 1950. The second-order valence-electron chi connectivity index (χ2n) is 13.4. The molecule has 11 nitrogen and oxygen atoms in total. The van der Waals surface area contributed by atoms with Crippen molar-refractivity contribution in [1.29, 1.82) is 0 Å². The molecule has 1 saturated carbocycles. The number of aliphatic carboxylic acids is 1. The molecular formula is C38H35F2NO10. The lowest BCUT2D eigenvalue weighted by Crippen LogP contribution is -2.66. The van der Waals surface area contributed by atoms with Crippen molar-refractivity contribution in [2.45, 2.75) is 68.0 Å². The first-order chi connectivity index (χ1) is 24.3. The minimum Gasteiger partial charge on any atom is -0.508 e. The predicted octanol–water partition coefficient (Wildman–Crippen LogP) is 4.50. The summed E-state index contributed by atoms with van der Waals surface area (Å²) in [6, 6.07) is 21.6. The van der Waals surface area contributed by atoms with E-state index in [1.54, 1.807) is 36.4 Å². The molecule has 0 bridgehead atoms. The first kappa shape index (κ1) is 34.5. The molecule has 2 saturated heterocycles. The lowest BCUT2D eigenvalue weighted by molar-refractivity contribution is -0.328. The minimum atomic E-state index is -1.94. The Balaban J connectivity index is 1.26. The molecular weight excluding hydrogens is 668 g/mol. The van der Waals surface area contributed by atoms with Crippen molar-refractivity contribution in [2.24, 2.45) is 5.41 Å². The fourth-order valence-electron chi connectivity index (χ4n) is 7.79. The number of carbonyl (C=O) groups is 2. The molecule has 0 aromatic heterocycles. The van der Waals surface area contributed by atoms with E-state index < -0.39 is 65.4 Å². The van der Waals surface area contributed by atoms with Crippen LogP contribution in [-0.4, -0.2) is 73.2 Å². The number of anilines is 1. The number of amides is 1. The minimum absolute atomic E-state index is 0.0477. The monoisotopic (exact) mass is 703 g/mol. The van der Waals surface area contributed by atoms with Gasteiger partial charge in [-0.25, -0.2) is 13.6 Å². The van der Waals surface area contributed by atoms with E-state index in [0.717, 1.165) is 0 Å². The number of hydrogen-bond acceptors (Lipinski definition) is 9. The van der Waals surface area contributed by atoms with Crippen molar-refractivity contribution in [3.05, 3.63) is 114 Å². The van der Waals surface area contributed by atoms with Gasteiger partial charge in [-0.3, -0.25) is 4.79 Å². The number of halogens is 2. The smallest absolute Gasteiger partial charge is 0.335 e. The number of ether oxygens (including phenoxy) is 2. The maximum atomic E-state index is 14.3. The van der Waals surface area contributed by atoms with Crippen molar-refractivity contribution in [1.82, 2.24) is 0 Å². The fourth-order valence-corrected chi connectivity index (χ4v) is 7.79. The van der Waals surface area contributed by atoms with Crippen LogP contribution in [0, 0.1) is 17.0 Å². The summed E-state index contributed by atoms with van der Waals surface area (Å²) >= 11 is 0. The van der Waals surface area contributed by atoms with Crippen molar-refractivity contribution < 1.29 is 58.5 Å². The number of rotatable bonds is 7. The molecule has 6 atom stereocenters. The summed E-state index contributed by atoms with van der Waals surface area (Å²) in [5, 5.41) is 62.6. The summed E-state index contributed by atoms with van der Waals surface area (Å²) in [5.41, 5.74) is 0.0517. The molecule has 4 aromatic carbocycles. The lowest BCUT2D eigenvalue weighted by Gasteiger charge is -2.60. The van der Waals surface area contributed by atoms with Crippen LogP contribution in [0.25, 0.3) is 11.1 Å². The number of phenols is 2. The largest absolute Gasteiger partial charge is 0.508 e. The zero-order valence-corrected chi connectivity index (χ0v) is 27.0. The first-order valence-electron chi connectivity index (χ1n) is 16.4. The molecule has 3 aliphatic rings. The zero-order chi connectivity index (χ0) is 36.2.